The predicted molar refractivity (Wildman–Crippen MR) is 80.2 cm³/mol. The molecule has 0 fully saturated rings. The zero-order chi connectivity index (χ0) is 14.8. The SMILES string of the molecule is CCC(C)(C)N(C)C(=O)C=Cc1nc2ccccc2o1. The van der Waals surface area contributed by atoms with Crippen molar-refractivity contribution < 1.29 is 9.21 Å². The van der Waals surface area contributed by atoms with Crippen LogP contribution in [0, 0.1) is 0 Å². The minimum Gasteiger partial charge on any atom is -0.437 e. The number of para-hydroxylation sites is 2. The molecule has 0 aliphatic carbocycles. The summed E-state index contributed by atoms with van der Waals surface area (Å²) in [6.07, 6.45) is 4.01. The molecule has 0 spiro atoms. The number of likely N-dealkylation sites (N-methyl/N-ethyl adjacent to an activating group) is 1. The molecule has 4 nitrogen and oxygen atoms in total. The highest BCUT2D eigenvalue weighted by Crippen LogP contribution is 2.18. The molecule has 2 rings (SSSR count). The van der Waals surface area contributed by atoms with Crippen molar-refractivity contribution >= 4 is 23.1 Å². The van der Waals surface area contributed by atoms with Crippen LogP contribution in [0.3, 0.4) is 0 Å². The van der Waals surface area contributed by atoms with Crippen LogP contribution in [-0.4, -0.2) is 28.4 Å². The zero-order valence-corrected chi connectivity index (χ0v) is 12.4. The van der Waals surface area contributed by atoms with Crippen molar-refractivity contribution in [3.05, 3.63) is 36.2 Å². The van der Waals surface area contributed by atoms with Gasteiger partial charge in [-0.05, 0) is 32.4 Å². The first-order valence-corrected chi connectivity index (χ1v) is 6.75. The number of nitrogens with zero attached hydrogens (tertiary/aromatic N) is 2. The predicted octanol–water partition coefficient (Wildman–Crippen LogP) is 3.49. The van der Waals surface area contributed by atoms with E-state index in [-0.39, 0.29) is 11.4 Å². The third-order valence-electron chi connectivity index (χ3n) is 3.78. The van der Waals surface area contributed by atoms with E-state index in [0.717, 1.165) is 17.5 Å². The smallest absolute Gasteiger partial charge is 0.246 e. The first-order valence-electron chi connectivity index (χ1n) is 6.75. The molecule has 0 aliphatic heterocycles. The summed E-state index contributed by atoms with van der Waals surface area (Å²) in [7, 11) is 1.81. The van der Waals surface area contributed by atoms with Crippen LogP contribution >= 0.6 is 0 Å². The number of hydrogen-bond acceptors (Lipinski definition) is 3. The molecule has 0 radical (unpaired) electrons. The van der Waals surface area contributed by atoms with Gasteiger partial charge < -0.3 is 9.32 Å². The minimum absolute atomic E-state index is 0.0564. The molecule has 1 heterocycles. The molecule has 20 heavy (non-hydrogen) atoms. The number of oxazole rings is 1. The molecule has 0 aliphatic rings. The van der Waals surface area contributed by atoms with Crippen LogP contribution in [0.4, 0.5) is 0 Å². The van der Waals surface area contributed by atoms with Crippen LogP contribution in [0.5, 0.6) is 0 Å². The highest BCUT2D eigenvalue weighted by molar-refractivity contribution is 5.91. The van der Waals surface area contributed by atoms with E-state index < -0.39 is 0 Å². The highest BCUT2D eigenvalue weighted by Gasteiger charge is 2.23. The van der Waals surface area contributed by atoms with Crippen molar-refractivity contribution in [2.45, 2.75) is 32.7 Å². The van der Waals surface area contributed by atoms with Gasteiger partial charge >= 0.3 is 0 Å². The van der Waals surface area contributed by atoms with Gasteiger partial charge in [0.15, 0.2) is 5.58 Å². The first kappa shape index (κ1) is 14.3. The third-order valence-corrected chi connectivity index (χ3v) is 3.78. The minimum atomic E-state index is -0.164. The van der Waals surface area contributed by atoms with Crippen LogP contribution in [0.2, 0.25) is 0 Å². The molecule has 1 amide bonds. The van der Waals surface area contributed by atoms with Gasteiger partial charge in [-0.1, -0.05) is 19.1 Å². The summed E-state index contributed by atoms with van der Waals surface area (Å²) in [6.45, 7) is 6.14. The Morgan fingerprint density at radius 1 is 1.40 bits per heavy atom. The fraction of sp³-hybridized carbons (Fsp3) is 0.375. The summed E-state index contributed by atoms with van der Waals surface area (Å²) in [5.41, 5.74) is 1.35. The maximum absolute atomic E-state index is 12.1. The Bertz CT molecular complexity index is 608. The lowest BCUT2D eigenvalue weighted by atomic mass is 10.00. The Balaban J connectivity index is 2.14. The van der Waals surface area contributed by atoms with E-state index >= 15 is 0 Å². The topological polar surface area (TPSA) is 46.3 Å². The van der Waals surface area contributed by atoms with Crippen molar-refractivity contribution in [3.8, 4) is 0 Å². The zero-order valence-electron chi connectivity index (χ0n) is 12.4. The number of benzene rings is 1. The summed E-state index contributed by atoms with van der Waals surface area (Å²) in [4.78, 5) is 18.1. The van der Waals surface area contributed by atoms with Gasteiger partial charge in [0.25, 0.3) is 0 Å². The number of carbonyl (C=O) groups is 1. The second kappa shape index (κ2) is 5.49. The first-order chi connectivity index (χ1) is 9.44. The summed E-state index contributed by atoms with van der Waals surface area (Å²) < 4.78 is 5.54. The standard InChI is InChI=1S/C16H20N2O2/c1-5-16(2,3)18(4)15(19)11-10-14-17-12-8-6-7-9-13(12)20-14/h6-11H,5H2,1-4H3. The Morgan fingerprint density at radius 2 is 2.10 bits per heavy atom. The van der Waals surface area contributed by atoms with E-state index in [0.29, 0.717) is 5.89 Å². The molecule has 0 atom stereocenters. The molecule has 0 unspecified atom stereocenters. The lowest BCUT2D eigenvalue weighted by molar-refractivity contribution is -0.129. The van der Waals surface area contributed by atoms with Gasteiger partial charge in [0.2, 0.25) is 11.8 Å². The fourth-order valence-electron chi connectivity index (χ4n) is 1.75. The quantitative estimate of drug-likeness (QED) is 0.800. The van der Waals surface area contributed by atoms with E-state index in [1.54, 1.807) is 11.0 Å². The molecule has 106 valence electrons. The van der Waals surface area contributed by atoms with Gasteiger partial charge in [0, 0.05) is 24.7 Å². The summed E-state index contributed by atoms with van der Waals surface area (Å²) in [6, 6.07) is 7.53. The average molecular weight is 272 g/mol. The van der Waals surface area contributed by atoms with Crippen molar-refractivity contribution in [3.63, 3.8) is 0 Å². The van der Waals surface area contributed by atoms with Crippen molar-refractivity contribution in [1.82, 2.24) is 9.88 Å². The van der Waals surface area contributed by atoms with Gasteiger partial charge in [0.1, 0.15) is 5.52 Å². The molecule has 0 saturated carbocycles. The number of amides is 1. The fourth-order valence-corrected chi connectivity index (χ4v) is 1.75. The van der Waals surface area contributed by atoms with Crippen molar-refractivity contribution in [1.29, 1.82) is 0 Å². The molecule has 1 aromatic carbocycles. The maximum Gasteiger partial charge on any atom is 0.246 e. The molecule has 1 aromatic heterocycles. The number of hydrogen-bond donors (Lipinski definition) is 0. The molecular formula is C16H20N2O2. The Hall–Kier alpha value is -2.10. The summed E-state index contributed by atoms with van der Waals surface area (Å²) in [5.74, 6) is 0.390. The highest BCUT2D eigenvalue weighted by atomic mass is 16.3. The average Bonchev–Trinajstić information content (AvgIpc) is 2.86. The largest absolute Gasteiger partial charge is 0.437 e. The van der Waals surface area contributed by atoms with E-state index in [1.807, 2.05) is 45.2 Å². The molecule has 2 aromatic rings. The van der Waals surface area contributed by atoms with Crippen LogP contribution in [0.25, 0.3) is 17.2 Å². The monoisotopic (exact) mass is 272 g/mol. The molecule has 4 heteroatoms. The van der Waals surface area contributed by atoms with Gasteiger partial charge in [-0.15, -0.1) is 0 Å². The number of rotatable bonds is 4. The van der Waals surface area contributed by atoms with E-state index in [1.165, 1.54) is 6.08 Å². The van der Waals surface area contributed by atoms with Crippen molar-refractivity contribution in [2.75, 3.05) is 7.05 Å². The Morgan fingerprint density at radius 3 is 2.75 bits per heavy atom. The lowest BCUT2D eigenvalue weighted by Crippen LogP contribution is -2.43. The number of aromatic nitrogens is 1. The van der Waals surface area contributed by atoms with Crippen LogP contribution in [-0.2, 0) is 4.79 Å². The summed E-state index contributed by atoms with van der Waals surface area (Å²) in [5, 5.41) is 0. The maximum atomic E-state index is 12.1. The van der Waals surface area contributed by atoms with Crippen molar-refractivity contribution in [2.24, 2.45) is 0 Å². The second-order valence-corrected chi connectivity index (χ2v) is 5.42. The third kappa shape index (κ3) is 2.90. The van der Waals surface area contributed by atoms with E-state index in [9.17, 15) is 4.79 Å². The van der Waals surface area contributed by atoms with Gasteiger partial charge in [-0.3, -0.25) is 4.79 Å². The Labute approximate surface area is 119 Å². The number of fused-ring (bicyclic) bond motifs is 1. The summed E-state index contributed by atoms with van der Waals surface area (Å²) >= 11 is 0. The van der Waals surface area contributed by atoms with Gasteiger partial charge in [-0.25, -0.2) is 4.98 Å². The molecule has 0 saturated heterocycles. The van der Waals surface area contributed by atoms with E-state index in [2.05, 4.69) is 11.9 Å². The lowest BCUT2D eigenvalue weighted by Gasteiger charge is -2.34. The molecule has 0 bridgehead atoms. The number of carbonyl (C=O) groups excluding carboxylic acids is 1. The van der Waals surface area contributed by atoms with Gasteiger partial charge in [0.05, 0.1) is 0 Å². The second-order valence-electron chi connectivity index (χ2n) is 5.42. The van der Waals surface area contributed by atoms with Crippen LogP contribution < -0.4 is 0 Å². The van der Waals surface area contributed by atoms with Crippen LogP contribution in [0.1, 0.15) is 33.1 Å². The van der Waals surface area contributed by atoms with Crippen LogP contribution in [0.15, 0.2) is 34.8 Å². The normalized spacial score (nSPS) is 12.2. The molecule has 0 N–H and O–H groups in total. The Kier molecular flexibility index (Phi) is 3.93. The van der Waals surface area contributed by atoms with Gasteiger partial charge in [-0.2, -0.15) is 0 Å². The van der Waals surface area contributed by atoms with E-state index in [4.69, 9.17) is 4.42 Å². The molecular weight excluding hydrogens is 252 g/mol.